The maximum Gasteiger partial charge on any atom is 0.404 e. The molecule has 3 aromatic rings. The highest BCUT2D eigenvalue weighted by Gasteiger charge is 2.24. The van der Waals surface area contributed by atoms with Gasteiger partial charge in [-0.05, 0) is 80.6 Å². The number of aryl methyl sites for hydroxylation is 1. The largest absolute Gasteiger partial charge is 0.465 e. The van der Waals surface area contributed by atoms with Crippen molar-refractivity contribution in [3.05, 3.63) is 77.6 Å². The zero-order valence-electron chi connectivity index (χ0n) is 23.3. The Hall–Kier alpha value is -3.96. The normalized spacial score (nSPS) is 18.3. The molecule has 3 amide bonds. The van der Waals surface area contributed by atoms with Crippen LogP contribution >= 0.6 is 0 Å². The summed E-state index contributed by atoms with van der Waals surface area (Å²) in [5, 5.41) is 14.8. The van der Waals surface area contributed by atoms with Crippen LogP contribution in [0.25, 0.3) is 5.69 Å². The van der Waals surface area contributed by atoms with Crippen molar-refractivity contribution in [3.8, 4) is 5.69 Å². The van der Waals surface area contributed by atoms with E-state index in [1.54, 1.807) is 23.4 Å². The Balaban J connectivity index is 1.21. The van der Waals surface area contributed by atoms with E-state index < -0.39 is 6.09 Å². The van der Waals surface area contributed by atoms with Crippen molar-refractivity contribution in [2.45, 2.75) is 57.9 Å². The minimum absolute atomic E-state index is 0.0486. The van der Waals surface area contributed by atoms with Crippen molar-refractivity contribution in [2.24, 2.45) is 0 Å². The number of ether oxygens (including phenoxy) is 1. The van der Waals surface area contributed by atoms with E-state index in [1.807, 2.05) is 29.8 Å². The number of likely N-dealkylation sites (tertiary alicyclic amines) is 2. The van der Waals surface area contributed by atoms with Gasteiger partial charge in [0.15, 0.2) is 0 Å². The molecule has 2 aliphatic rings. The second-order valence-electron chi connectivity index (χ2n) is 10.9. The van der Waals surface area contributed by atoms with E-state index >= 15 is 0 Å². The number of benzene rings is 2. The Bertz CT molecular complexity index is 1340. The fourth-order valence-corrected chi connectivity index (χ4v) is 5.52. The van der Waals surface area contributed by atoms with Gasteiger partial charge in [-0.3, -0.25) is 4.90 Å². The Morgan fingerprint density at radius 2 is 1.85 bits per heavy atom. The molecule has 2 saturated heterocycles. The zero-order valence-corrected chi connectivity index (χ0v) is 23.3. The first-order chi connectivity index (χ1) is 19.8. The van der Waals surface area contributed by atoms with Crippen LogP contribution in [0.2, 0.25) is 0 Å². The average molecular weight is 565 g/mol. The molecule has 2 aromatic carbocycles. The summed E-state index contributed by atoms with van der Waals surface area (Å²) < 4.78 is 21.1. The number of carbonyl (C=O) groups is 2. The molecule has 0 aliphatic carbocycles. The van der Waals surface area contributed by atoms with Gasteiger partial charge in [0.2, 0.25) is 0 Å². The van der Waals surface area contributed by atoms with E-state index in [0.29, 0.717) is 38.5 Å². The summed E-state index contributed by atoms with van der Waals surface area (Å²) in [6.45, 7) is 5.67. The lowest BCUT2D eigenvalue weighted by molar-refractivity contribution is 0.00538. The molecule has 3 N–H and O–H groups in total. The topological polar surface area (TPSA) is 112 Å². The summed E-state index contributed by atoms with van der Waals surface area (Å²) in [4.78, 5) is 32.8. The average Bonchev–Trinajstić information content (AvgIpc) is 3.39. The van der Waals surface area contributed by atoms with Gasteiger partial charge in [-0.25, -0.2) is 19.0 Å². The Labute approximate surface area is 239 Å². The number of carbonyl (C=O) groups excluding carboxylic acids is 1. The van der Waals surface area contributed by atoms with E-state index in [2.05, 4.69) is 26.6 Å². The Kier molecular flexibility index (Phi) is 9.15. The van der Waals surface area contributed by atoms with Crippen molar-refractivity contribution in [1.82, 2.24) is 24.7 Å². The van der Waals surface area contributed by atoms with E-state index in [0.717, 1.165) is 54.7 Å². The molecule has 0 spiro atoms. The maximum absolute atomic E-state index is 13.2. The summed E-state index contributed by atoms with van der Waals surface area (Å²) in [7, 11) is 0. The van der Waals surface area contributed by atoms with E-state index in [-0.39, 0.29) is 24.0 Å². The molecule has 0 bridgehead atoms. The fraction of sp³-hybridized carbons (Fsp3) is 0.433. The molecule has 218 valence electrons. The molecule has 0 radical (unpaired) electrons. The lowest BCUT2D eigenvalue weighted by Crippen LogP contribution is -2.46. The van der Waals surface area contributed by atoms with Crippen LogP contribution in [0.3, 0.4) is 0 Å². The van der Waals surface area contributed by atoms with Crippen LogP contribution in [0.4, 0.5) is 19.7 Å². The lowest BCUT2D eigenvalue weighted by atomic mass is 10.0. The third-order valence-electron chi connectivity index (χ3n) is 7.61. The predicted octanol–water partition coefficient (Wildman–Crippen LogP) is 4.76. The first kappa shape index (κ1) is 28.6. The summed E-state index contributed by atoms with van der Waals surface area (Å²) in [6.07, 6.45) is 5.95. The van der Waals surface area contributed by atoms with Gasteiger partial charge in [0.1, 0.15) is 5.82 Å². The van der Waals surface area contributed by atoms with Crippen molar-refractivity contribution < 1.29 is 23.8 Å². The number of imidazole rings is 1. The number of anilines is 1. The lowest BCUT2D eigenvalue weighted by Gasteiger charge is -2.33. The molecule has 5 rings (SSSR count). The number of hydrogen-bond acceptors (Lipinski definition) is 5. The SMILES string of the molecule is Cc1cn(-c2cc(CN3CCCC(NC(=O)O)C3)cc(NC(=O)N3CCC(OCc4ccc(F)cc4)CC3)c2)cn1. The monoisotopic (exact) mass is 564 g/mol. The van der Waals surface area contributed by atoms with Gasteiger partial charge >= 0.3 is 12.1 Å². The van der Waals surface area contributed by atoms with E-state index in [4.69, 9.17) is 9.84 Å². The van der Waals surface area contributed by atoms with Crippen molar-refractivity contribution in [3.63, 3.8) is 0 Å². The maximum atomic E-state index is 13.2. The fourth-order valence-electron chi connectivity index (χ4n) is 5.52. The van der Waals surface area contributed by atoms with Crippen LogP contribution < -0.4 is 10.6 Å². The van der Waals surface area contributed by atoms with Gasteiger partial charge in [-0.15, -0.1) is 0 Å². The molecule has 3 heterocycles. The first-order valence-corrected chi connectivity index (χ1v) is 14.1. The second kappa shape index (κ2) is 13.1. The van der Waals surface area contributed by atoms with Gasteiger partial charge in [-0.2, -0.15) is 0 Å². The molecule has 0 saturated carbocycles. The number of aromatic nitrogens is 2. The Morgan fingerprint density at radius 1 is 1.07 bits per heavy atom. The zero-order chi connectivity index (χ0) is 28.8. The van der Waals surface area contributed by atoms with Crippen LogP contribution in [-0.4, -0.2) is 74.9 Å². The first-order valence-electron chi connectivity index (χ1n) is 14.1. The molecule has 1 aromatic heterocycles. The van der Waals surface area contributed by atoms with Gasteiger partial charge in [0.25, 0.3) is 0 Å². The molecule has 2 aliphatic heterocycles. The highest BCUT2D eigenvalue weighted by molar-refractivity contribution is 5.89. The molecule has 41 heavy (non-hydrogen) atoms. The van der Waals surface area contributed by atoms with Crippen LogP contribution in [0.1, 0.15) is 42.5 Å². The minimum atomic E-state index is -0.997. The van der Waals surface area contributed by atoms with Crippen molar-refractivity contribution in [1.29, 1.82) is 0 Å². The van der Waals surface area contributed by atoms with Crippen LogP contribution in [0.5, 0.6) is 0 Å². The number of hydrogen-bond donors (Lipinski definition) is 3. The third-order valence-corrected chi connectivity index (χ3v) is 7.61. The number of urea groups is 1. The van der Waals surface area contributed by atoms with Crippen molar-refractivity contribution >= 4 is 17.8 Å². The second-order valence-corrected chi connectivity index (χ2v) is 10.9. The number of piperidine rings is 2. The molecule has 10 nitrogen and oxygen atoms in total. The molecular formula is C30H37FN6O4. The summed E-state index contributed by atoms with van der Waals surface area (Å²) in [5.41, 5.74) is 4.43. The number of nitrogens with zero attached hydrogens (tertiary/aromatic N) is 4. The summed E-state index contributed by atoms with van der Waals surface area (Å²) in [6, 6.07) is 12.1. The smallest absolute Gasteiger partial charge is 0.404 e. The van der Waals surface area contributed by atoms with Gasteiger partial charge in [0.05, 0.1) is 24.7 Å². The third kappa shape index (κ3) is 8.05. The van der Waals surface area contributed by atoms with Crippen LogP contribution in [0, 0.1) is 12.7 Å². The summed E-state index contributed by atoms with van der Waals surface area (Å²) in [5.74, 6) is -0.265. The van der Waals surface area contributed by atoms with Gasteiger partial charge in [0, 0.05) is 49.8 Å². The molecule has 1 unspecified atom stereocenters. The highest BCUT2D eigenvalue weighted by Crippen LogP contribution is 2.23. The Morgan fingerprint density at radius 3 is 2.56 bits per heavy atom. The van der Waals surface area contributed by atoms with Crippen molar-refractivity contribution in [2.75, 3.05) is 31.5 Å². The molecule has 11 heteroatoms. The highest BCUT2D eigenvalue weighted by atomic mass is 19.1. The van der Waals surface area contributed by atoms with Crippen LogP contribution in [-0.2, 0) is 17.9 Å². The van der Waals surface area contributed by atoms with E-state index in [9.17, 15) is 14.0 Å². The van der Waals surface area contributed by atoms with E-state index in [1.165, 1.54) is 12.1 Å². The number of carboxylic acid groups (broad SMARTS) is 1. The molecule has 1 atom stereocenters. The van der Waals surface area contributed by atoms with Gasteiger partial charge in [-0.1, -0.05) is 12.1 Å². The predicted molar refractivity (Wildman–Crippen MR) is 153 cm³/mol. The molecule has 2 fully saturated rings. The number of halogens is 1. The van der Waals surface area contributed by atoms with Gasteiger partial charge < -0.3 is 29.9 Å². The number of amides is 3. The quantitative estimate of drug-likeness (QED) is 0.364. The molecular weight excluding hydrogens is 527 g/mol. The summed E-state index contributed by atoms with van der Waals surface area (Å²) >= 11 is 0. The standard InChI is InChI=1S/C30H37FN6O4/c1-21-16-37(20-32-21)27-14-23(17-35-10-2-3-25(18-35)34-30(39)40)13-26(15-27)33-29(38)36-11-8-28(9-12-36)41-19-22-4-6-24(31)7-5-22/h4-7,13-16,20,25,28,34H,2-3,8-12,17-19H2,1H3,(H,33,38)(H,39,40). The minimum Gasteiger partial charge on any atom is -0.465 e. The number of rotatable bonds is 8. The van der Waals surface area contributed by atoms with Crippen LogP contribution in [0.15, 0.2) is 55.0 Å². The number of nitrogens with one attached hydrogen (secondary N) is 2.